The summed E-state index contributed by atoms with van der Waals surface area (Å²) in [5.74, 6) is -0.262. The molecule has 0 aliphatic heterocycles. The summed E-state index contributed by atoms with van der Waals surface area (Å²) >= 11 is 7.13. The van der Waals surface area contributed by atoms with Gasteiger partial charge in [-0.25, -0.2) is 9.37 Å². The molecule has 0 atom stereocenters. The topological polar surface area (TPSA) is 68.0 Å². The Kier molecular flexibility index (Phi) is 3.82. The zero-order valence-corrected chi connectivity index (χ0v) is 12.6. The van der Waals surface area contributed by atoms with Crippen molar-refractivity contribution in [1.29, 1.82) is 0 Å². The Hall–Kier alpha value is -1.66. The number of thiazole rings is 1. The van der Waals surface area contributed by atoms with Crippen LogP contribution in [0.1, 0.15) is 39.7 Å². The molecule has 0 saturated heterocycles. The van der Waals surface area contributed by atoms with Crippen LogP contribution in [0, 0.1) is 5.82 Å². The molecule has 3 N–H and O–H groups in total. The second kappa shape index (κ2) is 5.61. The van der Waals surface area contributed by atoms with Gasteiger partial charge >= 0.3 is 0 Å². The molecule has 3 rings (SSSR count). The molecule has 1 aromatic carbocycles. The molecule has 0 bridgehead atoms. The molecule has 1 fully saturated rings. The lowest BCUT2D eigenvalue weighted by Crippen LogP contribution is -2.23. The van der Waals surface area contributed by atoms with E-state index in [0.717, 1.165) is 18.5 Å². The quantitative estimate of drug-likeness (QED) is 0.906. The molecule has 0 spiro atoms. The average molecular weight is 326 g/mol. The Morgan fingerprint density at radius 1 is 1.52 bits per heavy atom. The van der Waals surface area contributed by atoms with Gasteiger partial charge in [0, 0.05) is 17.5 Å². The maximum absolute atomic E-state index is 13.0. The highest BCUT2D eigenvalue weighted by atomic mass is 35.5. The van der Waals surface area contributed by atoms with Crippen molar-refractivity contribution in [2.45, 2.75) is 25.3 Å². The highest BCUT2D eigenvalue weighted by Gasteiger charge is 2.31. The number of nitrogens with zero attached hydrogens (tertiary/aromatic N) is 1. The number of amides is 1. The van der Waals surface area contributed by atoms with Crippen molar-refractivity contribution in [1.82, 2.24) is 10.3 Å². The predicted molar refractivity (Wildman–Crippen MR) is 81.1 cm³/mol. The van der Waals surface area contributed by atoms with Gasteiger partial charge in [-0.2, -0.15) is 0 Å². The number of rotatable bonds is 4. The Morgan fingerprint density at radius 3 is 2.95 bits per heavy atom. The Morgan fingerprint density at radius 2 is 2.29 bits per heavy atom. The molecule has 1 aliphatic carbocycles. The van der Waals surface area contributed by atoms with Gasteiger partial charge in [0.2, 0.25) is 0 Å². The SMILES string of the molecule is Nc1nc(C2CC2)c(C(=O)NCc2ccc(F)cc2Cl)s1. The zero-order valence-electron chi connectivity index (χ0n) is 11.0. The smallest absolute Gasteiger partial charge is 0.263 e. The first-order chi connectivity index (χ1) is 10.0. The minimum atomic E-state index is -0.402. The third-order valence-corrected chi connectivity index (χ3v) is 4.55. The summed E-state index contributed by atoms with van der Waals surface area (Å²) in [5, 5.41) is 3.48. The molecule has 7 heteroatoms. The fourth-order valence-corrected chi connectivity index (χ4v) is 3.14. The van der Waals surface area contributed by atoms with Crippen molar-refractivity contribution in [3.05, 3.63) is 45.2 Å². The van der Waals surface area contributed by atoms with Crippen LogP contribution in [0.15, 0.2) is 18.2 Å². The van der Waals surface area contributed by atoms with Gasteiger partial charge in [0.25, 0.3) is 5.91 Å². The molecule has 21 heavy (non-hydrogen) atoms. The van der Waals surface area contributed by atoms with Crippen LogP contribution in [0.5, 0.6) is 0 Å². The molecule has 4 nitrogen and oxygen atoms in total. The van der Waals surface area contributed by atoms with Gasteiger partial charge in [0.15, 0.2) is 5.13 Å². The lowest BCUT2D eigenvalue weighted by Gasteiger charge is -2.07. The van der Waals surface area contributed by atoms with Gasteiger partial charge in [-0.05, 0) is 30.5 Å². The maximum atomic E-state index is 13.0. The summed E-state index contributed by atoms with van der Waals surface area (Å²) in [5.41, 5.74) is 7.15. The number of aromatic nitrogens is 1. The van der Waals surface area contributed by atoms with E-state index in [0.29, 0.717) is 26.5 Å². The van der Waals surface area contributed by atoms with E-state index >= 15 is 0 Å². The van der Waals surface area contributed by atoms with E-state index in [1.807, 2.05) is 0 Å². The summed E-state index contributed by atoms with van der Waals surface area (Å²) in [6, 6.07) is 4.10. The van der Waals surface area contributed by atoms with Crippen LogP contribution >= 0.6 is 22.9 Å². The lowest BCUT2D eigenvalue weighted by atomic mass is 10.2. The first-order valence-corrected chi connectivity index (χ1v) is 7.72. The molecular weight excluding hydrogens is 313 g/mol. The van der Waals surface area contributed by atoms with E-state index < -0.39 is 5.82 Å². The Bertz CT molecular complexity index is 700. The van der Waals surface area contributed by atoms with Gasteiger partial charge in [-0.1, -0.05) is 29.0 Å². The average Bonchev–Trinajstić information content (AvgIpc) is 3.20. The van der Waals surface area contributed by atoms with E-state index in [1.165, 1.54) is 23.5 Å². The molecule has 1 amide bonds. The van der Waals surface area contributed by atoms with Crippen LogP contribution in [0.2, 0.25) is 5.02 Å². The van der Waals surface area contributed by atoms with E-state index in [2.05, 4.69) is 10.3 Å². The molecule has 1 saturated carbocycles. The summed E-state index contributed by atoms with van der Waals surface area (Å²) < 4.78 is 13.0. The second-order valence-corrected chi connectivity index (χ2v) is 6.40. The predicted octanol–water partition coefficient (Wildman–Crippen LogP) is 3.33. The first kappa shape index (κ1) is 14.3. The van der Waals surface area contributed by atoms with Gasteiger partial charge in [0.05, 0.1) is 5.69 Å². The van der Waals surface area contributed by atoms with E-state index in [-0.39, 0.29) is 12.5 Å². The maximum Gasteiger partial charge on any atom is 0.263 e. The number of nitrogens with two attached hydrogens (primary N) is 1. The zero-order chi connectivity index (χ0) is 15.0. The summed E-state index contributed by atoms with van der Waals surface area (Å²) in [7, 11) is 0. The number of carbonyl (C=O) groups excluding carboxylic acids is 1. The Labute approximate surface area is 130 Å². The number of hydrogen-bond donors (Lipinski definition) is 2. The standard InChI is InChI=1S/C14H13ClFN3OS/c15-10-5-9(16)4-3-8(10)6-18-13(20)12-11(7-1-2-7)19-14(17)21-12/h3-5,7H,1-2,6H2,(H2,17,19)(H,18,20). The molecule has 2 aromatic rings. The van der Waals surface area contributed by atoms with Crippen LogP contribution in [-0.2, 0) is 6.54 Å². The van der Waals surface area contributed by atoms with Gasteiger partial charge in [-0.15, -0.1) is 0 Å². The third kappa shape index (κ3) is 3.16. The number of nitrogen functional groups attached to an aromatic ring is 1. The van der Waals surface area contributed by atoms with Gasteiger partial charge < -0.3 is 11.1 Å². The number of halogens is 2. The van der Waals surface area contributed by atoms with Crippen molar-refractivity contribution in [2.75, 3.05) is 5.73 Å². The number of anilines is 1. The van der Waals surface area contributed by atoms with Crippen molar-refractivity contribution in [3.8, 4) is 0 Å². The number of carbonyl (C=O) groups is 1. The molecule has 1 aromatic heterocycles. The minimum absolute atomic E-state index is 0.216. The number of hydrogen-bond acceptors (Lipinski definition) is 4. The minimum Gasteiger partial charge on any atom is -0.375 e. The number of benzene rings is 1. The summed E-state index contributed by atoms with van der Waals surface area (Å²) in [6.45, 7) is 0.236. The first-order valence-electron chi connectivity index (χ1n) is 6.53. The molecule has 110 valence electrons. The van der Waals surface area contributed by atoms with Crippen LogP contribution in [-0.4, -0.2) is 10.9 Å². The van der Waals surface area contributed by atoms with E-state index in [4.69, 9.17) is 17.3 Å². The van der Waals surface area contributed by atoms with Crippen LogP contribution in [0.25, 0.3) is 0 Å². The molecule has 1 aliphatic rings. The molecular formula is C14H13ClFN3OS. The highest BCUT2D eigenvalue weighted by molar-refractivity contribution is 7.17. The van der Waals surface area contributed by atoms with E-state index in [9.17, 15) is 9.18 Å². The van der Waals surface area contributed by atoms with Crippen LogP contribution in [0.4, 0.5) is 9.52 Å². The van der Waals surface area contributed by atoms with Crippen molar-refractivity contribution in [2.24, 2.45) is 0 Å². The van der Waals surface area contributed by atoms with E-state index in [1.54, 1.807) is 6.07 Å². The third-order valence-electron chi connectivity index (χ3n) is 3.29. The fraction of sp³-hybridized carbons (Fsp3) is 0.286. The second-order valence-electron chi connectivity index (χ2n) is 4.96. The molecule has 1 heterocycles. The lowest BCUT2D eigenvalue weighted by molar-refractivity contribution is 0.0954. The van der Waals surface area contributed by atoms with Crippen molar-refractivity contribution in [3.63, 3.8) is 0 Å². The highest BCUT2D eigenvalue weighted by Crippen LogP contribution is 2.43. The van der Waals surface area contributed by atoms with Crippen LogP contribution in [0.3, 0.4) is 0 Å². The Balaban J connectivity index is 1.72. The summed E-state index contributed by atoms with van der Waals surface area (Å²) in [6.07, 6.45) is 2.10. The monoisotopic (exact) mass is 325 g/mol. The van der Waals surface area contributed by atoms with Crippen molar-refractivity contribution < 1.29 is 9.18 Å². The number of nitrogens with one attached hydrogen (secondary N) is 1. The molecule has 0 unspecified atom stereocenters. The largest absolute Gasteiger partial charge is 0.375 e. The van der Waals surface area contributed by atoms with Gasteiger partial charge in [-0.3, -0.25) is 4.79 Å². The van der Waals surface area contributed by atoms with Crippen LogP contribution < -0.4 is 11.1 Å². The fourth-order valence-electron chi connectivity index (χ4n) is 2.07. The normalized spacial score (nSPS) is 14.2. The molecule has 0 radical (unpaired) electrons. The van der Waals surface area contributed by atoms with Crippen molar-refractivity contribution >= 4 is 34.0 Å². The van der Waals surface area contributed by atoms with Gasteiger partial charge in [0.1, 0.15) is 10.7 Å². The summed E-state index contributed by atoms with van der Waals surface area (Å²) in [4.78, 5) is 17.1.